The highest BCUT2D eigenvalue weighted by atomic mass is 32.1. The van der Waals surface area contributed by atoms with Gasteiger partial charge in [0.1, 0.15) is 5.01 Å². The van der Waals surface area contributed by atoms with E-state index in [0.717, 1.165) is 22.1 Å². The second-order valence-electron chi connectivity index (χ2n) is 4.86. The molecule has 21 heavy (non-hydrogen) atoms. The number of nitrogens with zero attached hydrogens (tertiary/aromatic N) is 2. The molecular formula is C15H16N2O3S. The van der Waals surface area contributed by atoms with Crippen molar-refractivity contribution in [3.63, 3.8) is 0 Å². The van der Waals surface area contributed by atoms with Gasteiger partial charge < -0.3 is 14.4 Å². The van der Waals surface area contributed by atoms with Crippen LogP contribution in [0.5, 0.6) is 11.5 Å². The monoisotopic (exact) mass is 304 g/mol. The van der Waals surface area contributed by atoms with E-state index in [4.69, 9.17) is 9.47 Å². The third-order valence-electron chi connectivity index (χ3n) is 3.35. The predicted molar refractivity (Wildman–Crippen MR) is 79.5 cm³/mol. The molecule has 1 aliphatic rings. The summed E-state index contributed by atoms with van der Waals surface area (Å²) in [6.07, 6.45) is 2.92. The molecule has 0 saturated heterocycles. The Balaban J connectivity index is 1.53. The van der Waals surface area contributed by atoms with Crippen LogP contribution in [0.3, 0.4) is 0 Å². The molecule has 0 N–H and O–H groups in total. The molecule has 0 spiro atoms. The summed E-state index contributed by atoms with van der Waals surface area (Å²) >= 11 is 1.56. The van der Waals surface area contributed by atoms with Gasteiger partial charge in [-0.15, -0.1) is 11.3 Å². The number of amides is 1. The first-order valence-electron chi connectivity index (χ1n) is 6.73. The van der Waals surface area contributed by atoms with Crippen LogP contribution in [0.25, 0.3) is 0 Å². The molecule has 2 aromatic rings. The predicted octanol–water partition coefficient (Wildman–Crippen LogP) is 2.46. The lowest BCUT2D eigenvalue weighted by Gasteiger charge is -2.15. The molecule has 0 unspecified atom stereocenters. The maximum Gasteiger partial charge on any atom is 0.231 e. The fraction of sp³-hybridized carbons (Fsp3) is 0.333. The van der Waals surface area contributed by atoms with E-state index < -0.39 is 0 Å². The Bertz CT molecular complexity index is 628. The van der Waals surface area contributed by atoms with Crippen LogP contribution in [0.2, 0.25) is 0 Å². The number of carbonyl (C=O) groups is 1. The highest BCUT2D eigenvalue weighted by Gasteiger charge is 2.15. The van der Waals surface area contributed by atoms with E-state index in [9.17, 15) is 4.79 Å². The Morgan fingerprint density at radius 2 is 2.24 bits per heavy atom. The van der Waals surface area contributed by atoms with Crippen LogP contribution in [0.4, 0.5) is 0 Å². The smallest absolute Gasteiger partial charge is 0.231 e. The van der Waals surface area contributed by atoms with Gasteiger partial charge in [-0.3, -0.25) is 4.79 Å². The van der Waals surface area contributed by atoms with Gasteiger partial charge in [0, 0.05) is 25.0 Å². The zero-order valence-corrected chi connectivity index (χ0v) is 12.6. The number of thiazole rings is 1. The maximum atomic E-state index is 12.1. The summed E-state index contributed by atoms with van der Waals surface area (Å²) in [6, 6.07) is 5.81. The van der Waals surface area contributed by atoms with E-state index in [-0.39, 0.29) is 12.7 Å². The lowest BCUT2D eigenvalue weighted by Crippen LogP contribution is -2.26. The van der Waals surface area contributed by atoms with Crippen LogP contribution in [0, 0.1) is 0 Å². The molecule has 1 aromatic carbocycles. The van der Waals surface area contributed by atoms with Crippen molar-refractivity contribution in [1.82, 2.24) is 9.88 Å². The van der Waals surface area contributed by atoms with Crippen molar-refractivity contribution < 1.29 is 14.3 Å². The van der Waals surface area contributed by atoms with Gasteiger partial charge in [-0.1, -0.05) is 6.07 Å². The minimum atomic E-state index is 0.114. The molecule has 1 aliphatic heterocycles. The Labute approximate surface area is 127 Å². The number of hydrogen-bond acceptors (Lipinski definition) is 5. The highest BCUT2D eigenvalue weighted by molar-refractivity contribution is 7.09. The molecule has 0 fully saturated rings. The van der Waals surface area contributed by atoms with Crippen molar-refractivity contribution in [2.45, 2.75) is 19.4 Å². The number of carbonyl (C=O) groups excluding carboxylic acids is 1. The average molecular weight is 304 g/mol. The standard InChI is InChI=1S/C15H16N2O3S/c1-17(9-14-16-6-7-21-14)15(18)5-3-11-2-4-12-13(8-11)20-10-19-12/h2,4,6-8H,3,5,9-10H2,1H3. The Morgan fingerprint density at radius 1 is 1.38 bits per heavy atom. The Hall–Kier alpha value is -2.08. The number of aromatic nitrogens is 1. The molecule has 0 aliphatic carbocycles. The van der Waals surface area contributed by atoms with Crippen LogP contribution in [0.1, 0.15) is 17.0 Å². The fourth-order valence-electron chi connectivity index (χ4n) is 2.16. The molecule has 0 radical (unpaired) electrons. The van der Waals surface area contributed by atoms with Gasteiger partial charge in [0.15, 0.2) is 11.5 Å². The molecule has 0 atom stereocenters. The zero-order valence-electron chi connectivity index (χ0n) is 11.7. The summed E-state index contributed by atoms with van der Waals surface area (Å²) in [5, 5.41) is 2.87. The fourth-order valence-corrected chi connectivity index (χ4v) is 2.83. The van der Waals surface area contributed by atoms with Gasteiger partial charge >= 0.3 is 0 Å². The molecule has 2 heterocycles. The van der Waals surface area contributed by atoms with Crippen molar-refractivity contribution in [1.29, 1.82) is 0 Å². The van der Waals surface area contributed by atoms with Crippen LogP contribution >= 0.6 is 11.3 Å². The van der Waals surface area contributed by atoms with Crippen LogP contribution in [0.15, 0.2) is 29.8 Å². The molecule has 0 bridgehead atoms. The van der Waals surface area contributed by atoms with E-state index in [1.54, 1.807) is 22.4 Å². The first-order valence-corrected chi connectivity index (χ1v) is 7.61. The summed E-state index contributed by atoms with van der Waals surface area (Å²) in [5.41, 5.74) is 1.08. The van der Waals surface area contributed by atoms with Gasteiger partial charge in [0.25, 0.3) is 0 Å². The largest absolute Gasteiger partial charge is 0.454 e. The van der Waals surface area contributed by atoms with Gasteiger partial charge in [-0.05, 0) is 24.1 Å². The number of benzene rings is 1. The summed E-state index contributed by atoms with van der Waals surface area (Å²) in [7, 11) is 1.81. The summed E-state index contributed by atoms with van der Waals surface area (Å²) in [5.74, 6) is 1.64. The second kappa shape index (κ2) is 6.13. The number of aryl methyl sites for hydroxylation is 1. The minimum Gasteiger partial charge on any atom is -0.454 e. The molecule has 1 amide bonds. The number of ether oxygens (including phenoxy) is 2. The third-order valence-corrected chi connectivity index (χ3v) is 4.11. The van der Waals surface area contributed by atoms with E-state index in [1.165, 1.54) is 0 Å². The van der Waals surface area contributed by atoms with Crippen molar-refractivity contribution in [2.75, 3.05) is 13.8 Å². The van der Waals surface area contributed by atoms with E-state index >= 15 is 0 Å². The third kappa shape index (κ3) is 3.33. The van der Waals surface area contributed by atoms with Gasteiger partial charge in [-0.25, -0.2) is 4.98 Å². The quantitative estimate of drug-likeness (QED) is 0.851. The van der Waals surface area contributed by atoms with Crippen molar-refractivity contribution in [3.05, 3.63) is 40.3 Å². The Morgan fingerprint density at radius 3 is 3.05 bits per heavy atom. The van der Waals surface area contributed by atoms with Crippen LogP contribution in [-0.4, -0.2) is 29.6 Å². The molecule has 1 aromatic heterocycles. The van der Waals surface area contributed by atoms with Crippen molar-refractivity contribution in [3.8, 4) is 11.5 Å². The summed E-state index contributed by atoms with van der Waals surface area (Å²) < 4.78 is 10.6. The van der Waals surface area contributed by atoms with E-state index in [1.807, 2.05) is 30.6 Å². The topological polar surface area (TPSA) is 51.7 Å². The Kier molecular flexibility index (Phi) is 4.06. The highest BCUT2D eigenvalue weighted by Crippen LogP contribution is 2.32. The summed E-state index contributed by atoms with van der Waals surface area (Å²) in [4.78, 5) is 18.0. The normalized spacial score (nSPS) is 12.4. The summed E-state index contributed by atoms with van der Waals surface area (Å²) in [6.45, 7) is 0.839. The first-order chi connectivity index (χ1) is 10.2. The lowest BCUT2D eigenvalue weighted by molar-refractivity contribution is -0.130. The maximum absolute atomic E-state index is 12.1. The number of rotatable bonds is 5. The molecule has 3 rings (SSSR count). The second-order valence-corrected chi connectivity index (χ2v) is 5.84. The first kappa shape index (κ1) is 13.9. The van der Waals surface area contributed by atoms with E-state index in [0.29, 0.717) is 19.4 Å². The van der Waals surface area contributed by atoms with Gasteiger partial charge in [0.2, 0.25) is 12.7 Å². The van der Waals surface area contributed by atoms with Crippen molar-refractivity contribution in [2.24, 2.45) is 0 Å². The van der Waals surface area contributed by atoms with E-state index in [2.05, 4.69) is 4.98 Å². The number of fused-ring (bicyclic) bond motifs is 1. The molecule has 6 heteroatoms. The average Bonchev–Trinajstić information content (AvgIpc) is 3.14. The number of hydrogen-bond donors (Lipinski definition) is 0. The van der Waals surface area contributed by atoms with Gasteiger partial charge in [-0.2, -0.15) is 0 Å². The molecular weight excluding hydrogens is 288 g/mol. The molecule has 0 saturated carbocycles. The van der Waals surface area contributed by atoms with Gasteiger partial charge in [0.05, 0.1) is 6.54 Å². The zero-order chi connectivity index (χ0) is 14.7. The molecule has 5 nitrogen and oxygen atoms in total. The van der Waals surface area contributed by atoms with Crippen LogP contribution < -0.4 is 9.47 Å². The SMILES string of the molecule is CN(Cc1nccs1)C(=O)CCc1ccc2c(c1)OCO2. The van der Waals surface area contributed by atoms with Crippen LogP contribution in [-0.2, 0) is 17.8 Å². The minimum absolute atomic E-state index is 0.114. The molecule has 110 valence electrons. The lowest BCUT2D eigenvalue weighted by atomic mass is 10.1. The van der Waals surface area contributed by atoms with Crippen molar-refractivity contribution >= 4 is 17.2 Å².